The fourth-order valence-electron chi connectivity index (χ4n) is 5.66. The van der Waals surface area contributed by atoms with Crippen LogP contribution in [-0.2, 0) is 16.1 Å². The highest BCUT2D eigenvalue weighted by Gasteiger charge is 2.34. The van der Waals surface area contributed by atoms with E-state index in [0.29, 0.717) is 31.6 Å². The number of para-hydroxylation sites is 1. The molecular weight excluding hydrogens is 519 g/mol. The summed E-state index contributed by atoms with van der Waals surface area (Å²) in [5.74, 6) is -1.68. The second-order valence-electron chi connectivity index (χ2n) is 10.5. The van der Waals surface area contributed by atoms with Crippen molar-refractivity contribution in [3.05, 3.63) is 101 Å². The summed E-state index contributed by atoms with van der Waals surface area (Å²) >= 11 is 0. The molecule has 4 rings (SSSR count). The molecule has 3 aromatic carbocycles. The van der Waals surface area contributed by atoms with Gasteiger partial charge in [0.25, 0.3) is 0 Å². The summed E-state index contributed by atoms with van der Waals surface area (Å²) in [5.41, 5.74) is 8.93. The number of halogens is 1. The quantitative estimate of drug-likeness (QED) is 0.324. The lowest BCUT2D eigenvalue weighted by molar-refractivity contribution is -0.131. The van der Waals surface area contributed by atoms with Gasteiger partial charge in [0.1, 0.15) is 11.9 Å². The molecule has 0 radical (unpaired) electrons. The zero-order valence-corrected chi connectivity index (χ0v) is 23.8. The van der Waals surface area contributed by atoms with E-state index in [9.17, 15) is 18.8 Å². The first-order chi connectivity index (χ1) is 19.8. The third-order valence-corrected chi connectivity index (χ3v) is 7.96. The first kappa shape index (κ1) is 29.8. The maximum atomic E-state index is 13.5. The SMILES string of the molecule is CCN(CC)C(=O)N(Cc1ccc([C@@H]2CCCC[C@H]2C(=O)N[C@H](C(N)=O)c2ccc(F)cc2)cc1)c1ccccc1. The molecule has 1 aliphatic carbocycles. The normalized spacial score (nSPS) is 17.3. The van der Waals surface area contributed by atoms with E-state index >= 15 is 0 Å². The Morgan fingerprint density at radius 2 is 1.54 bits per heavy atom. The van der Waals surface area contributed by atoms with Gasteiger partial charge >= 0.3 is 6.03 Å². The molecule has 0 saturated heterocycles. The number of benzene rings is 3. The van der Waals surface area contributed by atoms with E-state index in [2.05, 4.69) is 5.32 Å². The molecule has 41 heavy (non-hydrogen) atoms. The van der Waals surface area contributed by atoms with Crippen LogP contribution in [0, 0.1) is 11.7 Å². The number of primary amides is 1. The number of hydrogen-bond acceptors (Lipinski definition) is 3. The largest absolute Gasteiger partial charge is 0.368 e. The van der Waals surface area contributed by atoms with Crippen molar-refractivity contribution in [2.75, 3.05) is 18.0 Å². The Labute approximate surface area is 241 Å². The maximum Gasteiger partial charge on any atom is 0.324 e. The van der Waals surface area contributed by atoms with Gasteiger partial charge in [0, 0.05) is 24.7 Å². The van der Waals surface area contributed by atoms with Crippen molar-refractivity contribution in [2.24, 2.45) is 11.7 Å². The van der Waals surface area contributed by atoms with Crippen molar-refractivity contribution in [1.29, 1.82) is 0 Å². The fourth-order valence-corrected chi connectivity index (χ4v) is 5.66. The van der Waals surface area contributed by atoms with E-state index < -0.39 is 17.8 Å². The molecule has 1 saturated carbocycles. The predicted octanol–water partition coefficient (Wildman–Crippen LogP) is 5.91. The Bertz CT molecular complexity index is 1310. The van der Waals surface area contributed by atoms with Crippen LogP contribution < -0.4 is 16.0 Å². The van der Waals surface area contributed by atoms with Gasteiger partial charge in [0.05, 0.1) is 6.54 Å². The van der Waals surface area contributed by atoms with E-state index in [4.69, 9.17) is 5.73 Å². The summed E-state index contributed by atoms with van der Waals surface area (Å²) in [6, 6.07) is 22.1. The molecule has 8 heteroatoms. The predicted molar refractivity (Wildman–Crippen MR) is 159 cm³/mol. The van der Waals surface area contributed by atoms with Crippen LogP contribution in [0.25, 0.3) is 0 Å². The topological polar surface area (TPSA) is 95.7 Å². The molecule has 0 bridgehead atoms. The van der Waals surface area contributed by atoms with Crippen molar-refractivity contribution in [3.8, 4) is 0 Å². The number of amides is 4. The third-order valence-electron chi connectivity index (χ3n) is 7.96. The Kier molecular flexibility index (Phi) is 10.1. The van der Waals surface area contributed by atoms with E-state index in [0.717, 1.165) is 36.1 Å². The van der Waals surface area contributed by atoms with Gasteiger partial charge in [-0.05, 0) is 73.6 Å². The van der Waals surface area contributed by atoms with Gasteiger partial charge in [0.2, 0.25) is 11.8 Å². The van der Waals surface area contributed by atoms with Crippen LogP contribution in [0.2, 0.25) is 0 Å². The van der Waals surface area contributed by atoms with Gasteiger partial charge in [-0.25, -0.2) is 9.18 Å². The second-order valence-corrected chi connectivity index (χ2v) is 10.5. The van der Waals surface area contributed by atoms with E-state index in [1.165, 1.54) is 24.3 Å². The molecule has 4 amide bonds. The van der Waals surface area contributed by atoms with Crippen molar-refractivity contribution < 1.29 is 18.8 Å². The Balaban J connectivity index is 1.51. The summed E-state index contributed by atoms with van der Waals surface area (Å²) in [7, 11) is 0. The minimum Gasteiger partial charge on any atom is -0.368 e. The van der Waals surface area contributed by atoms with Crippen molar-refractivity contribution in [1.82, 2.24) is 10.2 Å². The van der Waals surface area contributed by atoms with Crippen LogP contribution in [0.3, 0.4) is 0 Å². The van der Waals surface area contributed by atoms with Gasteiger partial charge in [-0.15, -0.1) is 0 Å². The molecule has 0 aromatic heterocycles. The Morgan fingerprint density at radius 3 is 2.15 bits per heavy atom. The third kappa shape index (κ3) is 7.31. The van der Waals surface area contributed by atoms with Gasteiger partial charge in [-0.1, -0.05) is 67.4 Å². The van der Waals surface area contributed by atoms with Crippen LogP contribution in [0.1, 0.15) is 68.2 Å². The fraction of sp³-hybridized carbons (Fsp3) is 0.364. The Hall–Kier alpha value is -4.20. The first-order valence-corrected chi connectivity index (χ1v) is 14.4. The van der Waals surface area contributed by atoms with Gasteiger partial charge in [-0.3, -0.25) is 14.5 Å². The number of hydrogen-bond donors (Lipinski definition) is 2. The van der Waals surface area contributed by atoms with Crippen molar-refractivity contribution >= 4 is 23.5 Å². The number of nitrogens with two attached hydrogens (primary N) is 1. The van der Waals surface area contributed by atoms with E-state index in [1.807, 2.05) is 68.4 Å². The molecule has 3 aromatic rings. The monoisotopic (exact) mass is 558 g/mol. The minimum atomic E-state index is -1.03. The highest BCUT2D eigenvalue weighted by atomic mass is 19.1. The summed E-state index contributed by atoms with van der Waals surface area (Å²) in [5, 5.41) is 2.83. The molecule has 1 fully saturated rings. The molecular formula is C33H39FN4O3. The average molecular weight is 559 g/mol. The lowest BCUT2D eigenvalue weighted by Crippen LogP contribution is -2.43. The molecule has 3 N–H and O–H groups in total. The number of carbonyl (C=O) groups excluding carboxylic acids is 3. The molecule has 0 heterocycles. The lowest BCUT2D eigenvalue weighted by Gasteiger charge is -2.32. The number of nitrogens with zero attached hydrogens (tertiary/aromatic N) is 2. The Morgan fingerprint density at radius 1 is 0.902 bits per heavy atom. The summed E-state index contributed by atoms with van der Waals surface area (Å²) in [4.78, 5) is 42.6. The highest BCUT2D eigenvalue weighted by Crippen LogP contribution is 2.38. The molecule has 216 valence electrons. The lowest BCUT2D eigenvalue weighted by atomic mass is 9.74. The number of rotatable bonds is 10. The minimum absolute atomic E-state index is 0.0120. The summed E-state index contributed by atoms with van der Waals surface area (Å²) < 4.78 is 13.4. The van der Waals surface area contributed by atoms with E-state index in [1.54, 1.807) is 9.80 Å². The standard InChI is InChI=1S/C33H39FN4O3/c1-3-37(4-2)33(41)38(27-10-6-5-7-11-27)22-23-14-16-24(17-15-23)28-12-8-9-13-29(28)32(40)36-30(31(35)39)25-18-20-26(34)21-19-25/h5-7,10-11,14-21,28-30H,3-4,8-9,12-13,22H2,1-2H3,(H2,35,39)(H,36,40)/t28-,29+,30-/m0/s1. The molecule has 0 unspecified atom stereocenters. The zero-order chi connectivity index (χ0) is 29.4. The molecule has 0 spiro atoms. The van der Waals surface area contributed by atoms with Crippen LogP contribution in [0.4, 0.5) is 14.9 Å². The first-order valence-electron chi connectivity index (χ1n) is 14.4. The van der Waals surface area contributed by atoms with Crippen molar-refractivity contribution in [3.63, 3.8) is 0 Å². The van der Waals surface area contributed by atoms with Crippen LogP contribution in [-0.4, -0.2) is 35.8 Å². The molecule has 3 atom stereocenters. The summed E-state index contributed by atoms with van der Waals surface area (Å²) in [6.45, 7) is 5.62. The number of urea groups is 1. The van der Waals surface area contributed by atoms with Gasteiger partial charge < -0.3 is 16.0 Å². The van der Waals surface area contributed by atoms with Crippen LogP contribution >= 0.6 is 0 Å². The smallest absolute Gasteiger partial charge is 0.324 e. The van der Waals surface area contributed by atoms with Gasteiger partial charge in [0.15, 0.2) is 0 Å². The number of carbonyl (C=O) groups is 3. The second kappa shape index (κ2) is 13.9. The van der Waals surface area contributed by atoms with Gasteiger partial charge in [-0.2, -0.15) is 0 Å². The van der Waals surface area contributed by atoms with Crippen LogP contribution in [0.5, 0.6) is 0 Å². The van der Waals surface area contributed by atoms with Crippen molar-refractivity contribution in [2.45, 2.75) is 58.0 Å². The molecule has 1 aliphatic rings. The van der Waals surface area contributed by atoms with E-state index in [-0.39, 0.29) is 23.8 Å². The highest BCUT2D eigenvalue weighted by molar-refractivity contribution is 5.92. The number of anilines is 1. The molecule has 0 aliphatic heterocycles. The maximum absolute atomic E-state index is 13.5. The number of nitrogens with one attached hydrogen (secondary N) is 1. The molecule has 7 nitrogen and oxygen atoms in total. The average Bonchev–Trinajstić information content (AvgIpc) is 3.00. The summed E-state index contributed by atoms with van der Waals surface area (Å²) in [6.07, 6.45) is 3.48. The van der Waals surface area contributed by atoms with Crippen LogP contribution in [0.15, 0.2) is 78.9 Å². The zero-order valence-electron chi connectivity index (χ0n) is 23.8.